The molecule has 194 valence electrons. The highest BCUT2D eigenvalue weighted by molar-refractivity contribution is 5.93. The van der Waals surface area contributed by atoms with Crippen LogP contribution in [0.3, 0.4) is 0 Å². The first-order chi connectivity index (χ1) is 17.9. The Morgan fingerprint density at radius 3 is 2.86 bits per heavy atom. The number of aromatic nitrogens is 2. The number of hydrogen-bond acceptors (Lipinski definition) is 7. The van der Waals surface area contributed by atoms with Gasteiger partial charge in [-0.25, -0.2) is 9.37 Å². The molecule has 2 N–H and O–H groups in total. The molecule has 0 saturated heterocycles. The van der Waals surface area contributed by atoms with Gasteiger partial charge in [-0.05, 0) is 54.5 Å². The summed E-state index contributed by atoms with van der Waals surface area (Å²) in [4.78, 5) is 31.0. The Morgan fingerprint density at radius 2 is 2.08 bits per heavy atom. The van der Waals surface area contributed by atoms with Crippen LogP contribution in [-0.4, -0.2) is 47.0 Å². The van der Waals surface area contributed by atoms with Crippen molar-refractivity contribution >= 4 is 16.9 Å². The third-order valence-corrected chi connectivity index (χ3v) is 8.07. The van der Waals surface area contributed by atoms with Crippen molar-refractivity contribution in [3.8, 4) is 11.4 Å². The molecule has 2 aromatic heterocycles. The second-order valence-electron chi connectivity index (χ2n) is 10.0. The van der Waals surface area contributed by atoms with Crippen molar-refractivity contribution in [2.24, 2.45) is 0 Å². The molecule has 0 amide bonds. The van der Waals surface area contributed by atoms with E-state index >= 15 is 0 Å². The maximum absolute atomic E-state index is 14.9. The fraction of sp³-hybridized carbons (Fsp3) is 0.464. The number of esters is 1. The molecule has 3 aliphatic rings. The lowest BCUT2D eigenvalue weighted by molar-refractivity contribution is -0.148. The maximum Gasteiger partial charge on any atom is 0.313 e. The number of hydrogen-bond donors (Lipinski definition) is 2. The fourth-order valence-corrected chi connectivity index (χ4v) is 6.25. The summed E-state index contributed by atoms with van der Waals surface area (Å²) >= 11 is 0. The van der Waals surface area contributed by atoms with Crippen LogP contribution in [0.25, 0.3) is 22.3 Å². The normalized spacial score (nSPS) is 19.5. The van der Waals surface area contributed by atoms with Crippen molar-refractivity contribution in [3.05, 3.63) is 61.7 Å². The van der Waals surface area contributed by atoms with Crippen molar-refractivity contribution in [2.45, 2.75) is 58.2 Å². The molecule has 8 nitrogen and oxygen atoms in total. The first kappa shape index (κ1) is 24.2. The lowest BCUT2D eigenvalue weighted by atomic mass is 9.81. The Hall–Kier alpha value is -3.14. The molecule has 1 aromatic carbocycles. The molecule has 1 aliphatic carbocycles. The molecule has 6 rings (SSSR count). The van der Waals surface area contributed by atoms with Crippen LogP contribution in [0.4, 0.5) is 4.39 Å². The van der Waals surface area contributed by atoms with E-state index in [0.717, 1.165) is 34.9 Å². The van der Waals surface area contributed by atoms with Gasteiger partial charge in [-0.15, -0.1) is 0 Å². The monoisotopic (exact) mass is 507 g/mol. The van der Waals surface area contributed by atoms with Crippen LogP contribution < -0.4 is 10.9 Å². The summed E-state index contributed by atoms with van der Waals surface area (Å²) in [7, 11) is 0. The first-order valence-corrected chi connectivity index (χ1v) is 12.9. The molecule has 3 aromatic rings. The molecule has 2 unspecified atom stereocenters. The van der Waals surface area contributed by atoms with Crippen LogP contribution in [0.5, 0.6) is 0 Å². The van der Waals surface area contributed by atoms with Crippen LogP contribution in [0.1, 0.15) is 65.1 Å². The number of aliphatic hydroxyl groups is 1. The molecule has 0 fully saturated rings. The standard InChI is InChI=1S/C28H30FN3O5/c1-3-15-17-10-23-26-18(12-32(23)27(34)19(17)13-37-28(15)35)25-21(30-6-8-36-9-7-33)5-4-16-14(2)20(29)11-22(31-26)24(16)25/h10-11,15,21,30,33H,3-9,12-13H2,1-2H3. The highest BCUT2D eigenvalue weighted by Crippen LogP contribution is 2.45. The molecule has 0 radical (unpaired) electrons. The van der Waals surface area contributed by atoms with Crippen LogP contribution in [-0.2, 0) is 33.8 Å². The highest BCUT2D eigenvalue weighted by Gasteiger charge is 2.37. The Bertz CT molecular complexity index is 1500. The van der Waals surface area contributed by atoms with Crippen LogP contribution in [0.15, 0.2) is 16.9 Å². The average molecular weight is 508 g/mol. The number of rotatable bonds is 7. The van der Waals surface area contributed by atoms with E-state index in [4.69, 9.17) is 19.6 Å². The Morgan fingerprint density at radius 1 is 1.24 bits per heavy atom. The Balaban J connectivity index is 1.53. The SMILES string of the molecule is CCC1C(=O)OCc2c1cc1n(c2=O)Cc2c-1nc1cc(F)c(C)c3c1c2C(NCCOCCO)CC3. The summed E-state index contributed by atoms with van der Waals surface area (Å²) < 4.78 is 27.4. The molecular formula is C28H30FN3O5. The number of nitrogens with zero attached hydrogens (tertiary/aromatic N) is 2. The van der Waals surface area contributed by atoms with Crippen molar-refractivity contribution < 1.29 is 23.8 Å². The fourth-order valence-electron chi connectivity index (χ4n) is 6.25. The minimum absolute atomic E-state index is 0.0118. The summed E-state index contributed by atoms with van der Waals surface area (Å²) in [5.41, 5.74) is 6.66. The van der Waals surface area contributed by atoms with Crippen molar-refractivity contribution in [1.29, 1.82) is 0 Å². The van der Waals surface area contributed by atoms with Gasteiger partial charge in [0.2, 0.25) is 0 Å². The number of nitrogens with one attached hydrogen (secondary N) is 1. The second-order valence-corrected chi connectivity index (χ2v) is 10.0. The highest BCUT2D eigenvalue weighted by atomic mass is 19.1. The van der Waals surface area contributed by atoms with Crippen molar-refractivity contribution in [2.75, 3.05) is 26.4 Å². The van der Waals surface area contributed by atoms with Crippen LogP contribution in [0, 0.1) is 12.7 Å². The third kappa shape index (κ3) is 3.71. The van der Waals surface area contributed by atoms with E-state index in [0.29, 0.717) is 59.7 Å². The lowest BCUT2D eigenvalue weighted by Crippen LogP contribution is -2.32. The van der Waals surface area contributed by atoms with Gasteiger partial charge in [0.05, 0.1) is 54.8 Å². The van der Waals surface area contributed by atoms with Gasteiger partial charge >= 0.3 is 5.97 Å². The number of pyridine rings is 2. The molecule has 0 bridgehead atoms. The number of carbonyl (C=O) groups is 1. The zero-order valence-corrected chi connectivity index (χ0v) is 21.0. The van der Waals surface area contributed by atoms with Crippen molar-refractivity contribution in [1.82, 2.24) is 14.9 Å². The van der Waals surface area contributed by atoms with Gasteiger partial charge in [-0.3, -0.25) is 9.59 Å². The predicted molar refractivity (Wildman–Crippen MR) is 135 cm³/mol. The summed E-state index contributed by atoms with van der Waals surface area (Å²) in [5, 5.41) is 13.5. The van der Waals surface area contributed by atoms with Gasteiger partial charge < -0.3 is 24.5 Å². The van der Waals surface area contributed by atoms with E-state index in [1.807, 2.05) is 19.9 Å². The summed E-state index contributed by atoms with van der Waals surface area (Å²) in [6.07, 6.45) is 2.04. The zero-order valence-electron chi connectivity index (χ0n) is 21.0. The number of benzene rings is 1. The van der Waals surface area contributed by atoms with E-state index < -0.39 is 5.92 Å². The number of fused-ring (bicyclic) bond motifs is 5. The number of aliphatic hydroxyl groups excluding tert-OH is 1. The largest absolute Gasteiger partial charge is 0.460 e. The van der Waals surface area contributed by atoms with E-state index in [9.17, 15) is 14.0 Å². The van der Waals surface area contributed by atoms with Gasteiger partial charge in [-0.1, -0.05) is 6.92 Å². The second kappa shape index (κ2) is 9.31. The first-order valence-electron chi connectivity index (χ1n) is 12.9. The average Bonchev–Trinajstić information content (AvgIpc) is 3.26. The van der Waals surface area contributed by atoms with Gasteiger partial charge in [0.25, 0.3) is 5.56 Å². The number of aryl methyl sites for hydroxylation is 1. The maximum atomic E-state index is 14.9. The van der Waals surface area contributed by atoms with E-state index in [2.05, 4.69) is 5.32 Å². The molecular weight excluding hydrogens is 477 g/mol. The quantitative estimate of drug-likeness (QED) is 0.293. The Labute approximate surface area is 213 Å². The number of ether oxygens (including phenoxy) is 2. The number of carbonyl (C=O) groups excluding carboxylic acids is 1. The molecule has 37 heavy (non-hydrogen) atoms. The van der Waals surface area contributed by atoms with Gasteiger partial charge in [-0.2, -0.15) is 0 Å². The lowest BCUT2D eigenvalue weighted by Gasteiger charge is -2.30. The van der Waals surface area contributed by atoms with Crippen LogP contribution >= 0.6 is 0 Å². The van der Waals surface area contributed by atoms with E-state index in [-0.39, 0.29) is 43.2 Å². The topological polar surface area (TPSA) is 103 Å². The summed E-state index contributed by atoms with van der Waals surface area (Å²) in [6, 6.07) is 3.40. The molecule has 2 atom stereocenters. The minimum Gasteiger partial charge on any atom is -0.460 e. The number of cyclic esters (lactones) is 1. The van der Waals surface area contributed by atoms with E-state index in [1.165, 1.54) is 6.07 Å². The molecule has 9 heteroatoms. The van der Waals surface area contributed by atoms with Crippen molar-refractivity contribution in [3.63, 3.8) is 0 Å². The molecule has 2 aliphatic heterocycles. The van der Waals surface area contributed by atoms with Gasteiger partial charge in [0.1, 0.15) is 12.4 Å². The number of halogens is 1. The van der Waals surface area contributed by atoms with Gasteiger partial charge in [0.15, 0.2) is 0 Å². The molecule has 0 saturated carbocycles. The van der Waals surface area contributed by atoms with Gasteiger partial charge in [0, 0.05) is 29.6 Å². The van der Waals surface area contributed by atoms with E-state index in [1.54, 1.807) is 4.57 Å². The summed E-state index contributed by atoms with van der Waals surface area (Å²) in [6.45, 7) is 5.39. The third-order valence-electron chi connectivity index (χ3n) is 8.07. The summed E-state index contributed by atoms with van der Waals surface area (Å²) in [5.74, 6) is -1.07. The smallest absolute Gasteiger partial charge is 0.313 e. The predicted octanol–water partition coefficient (Wildman–Crippen LogP) is 3.01. The minimum atomic E-state index is -0.481. The zero-order chi connectivity index (χ0) is 25.8. The molecule has 4 heterocycles. The van der Waals surface area contributed by atoms with Crippen LogP contribution in [0.2, 0.25) is 0 Å². The Kier molecular flexibility index (Phi) is 6.09. The molecule has 0 spiro atoms.